The summed E-state index contributed by atoms with van der Waals surface area (Å²) in [5.41, 5.74) is 2.60. The van der Waals surface area contributed by atoms with Gasteiger partial charge < -0.3 is 14.8 Å². The lowest BCUT2D eigenvalue weighted by molar-refractivity contribution is 0.181. The third-order valence-electron chi connectivity index (χ3n) is 5.21. The van der Waals surface area contributed by atoms with E-state index >= 15 is 0 Å². The highest BCUT2D eigenvalue weighted by molar-refractivity contribution is 5.75. The molecule has 2 amide bonds. The molecule has 0 spiro atoms. The number of halogens is 2. The summed E-state index contributed by atoms with van der Waals surface area (Å²) in [6, 6.07) is 3.36. The van der Waals surface area contributed by atoms with E-state index in [1.54, 1.807) is 4.90 Å². The van der Waals surface area contributed by atoms with Crippen LogP contribution in [0.4, 0.5) is 13.6 Å². The third kappa shape index (κ3) is 2.88. The number of urea groups is 1. The number of aromatic nitrogens is 2. The lowest BCUT2D eigenvalue weighted by Gasteiger charge is -2.28. The first-order chi connectivity index (χ1) is 11.9. The SMILES string of the molecule is Cc1nc2n(c1C)CCN(C(=O)N[C@@H]1C[C@H]1c1ccc(F)cc1F)C2. The van der Waals surface area contributed by atoms with Crippen LogP contribution in [-0.2, 0) is 13.1 Å². The van der Waals surface area contributed by atoms with Crippen molar-refractivity contribution < 1.29 is 13.6 Å². The van der Waals surface area contributed by atoms with Gasteiger partial charge in [-0.15, -0.1) is 0 Å². The average Bonchev–Trinajstić information content (AvgIpc) is 3.26. The lowest BCUT2D eigenvalue weighted by atomic mass is 10.1. The standard InChI is InChI=1S/C18H20F2N4O/c1-10-11(2)24-6-5-23(9-17(24)21-10)18(25)22-16-8-14(16)13-4-3-12(19)7-15(13)20/h3-4,7,14,16H,5-6,8-9H2,1-2H3,(H,22,25)/t14-,16+/m0/s1. The zero-order chi connectivity index (χ0) is 17.7. The minimum atomic E-state index is -0.586. The van der Waals surface area contributed by atoms with Crippen LogP contribution in [-0.4, -0.2) is 33.1 Å². The number of amides is 2. The van der Waals surface area contributed by atoms with Crippen LogP contribution in [0.1, 0.15) is 35.1 Å². The molecule has 0 saturated heterocycles. The van der Waals surface area contributed by atoms with Crippen molar-refractivity contribution in [2.45, 2.75) is 45.3 Å². The number of imidazole rings is 1. The van der Waals surface area contributed by atoms with Gasteiger partial charge in [0.2, 0.25) is 0 Å². The maximum absolute atomic E-state index is 13.8. The van der Waals surface area contributed by atoms with E-state index in [9.17, 15) is 13.6 Å². The molecule has 0 unspecified atom stereocenters. The summed E-state index contributed by atoms with van der Waals surface area (Å²) in [7, 11) is 0. The van der Waals surface area contributed by atoms with Gasteiger partial charge in [-0.05, 0) is 31.9 Å². The molecule has 1 fully saturated rings. The number of hydrogen-bond acceptors (Lipinski definition) is 2. The molecule has 25 heavy (non-hydrogen) atoms. The van der Waals surface area contributed by atoms with E-state index in [4.69, 9.17) is 0 Å². The summed E-state index contributed by atoms with van der Waals surface area (Å²) in [6.45, 7) is 5.83. The van der Waals surface area contributed by atoms with Gasteiger partial charge in [-0.25, -0.2) is 18.6 Å². The van der Waals surface area contributed by atoms with Crippen LogP contribution in [0.25, 0.3) is 0 Å². The Kier molecular flexibility index (Phi) is 3.74. The van der Waals surface area contributed by atoms with Crippen LogP contribution in [0.5, 0.6) is 0 Å². The smallest absolute Gasteiger partial charge is 0.318 e. The number of benzene rings is 1. The first-order valence-electron chi connectivity index (χ1n) is 8.47. The highest BCUT2D eigenvalue weighted by Crippen LogP contribution is 2.42. The van der Waals surface area contributed by atoms with Crippen LogP contribution in [0.15, 0.2) is 18.2 Å². The fourth-order valence-electron chi connectivity index (χ4n) is 3.54. The van der Waals surface area contributed by atoms with E-state index in [-0.39, 0.29) is 18.0 Å². The second-order valence-electron chi connectivity index (χ2n) is 6.84. The van der Waals surface area contributed by atoms with E-state index < -0.39 is 11.6 Å². The fourth-order valence-corrected chi connectivity index (χ4v) is 3.54. The molecule has 132 valence electrons. The van der Waals surface area contributed by atoms with Crippen molar-refractivity contribution in [3.63, 3.8) is 0 Å². The van der Waals surface area contributed by atoms with Crippen LogP contribution in [0, 0.1) is 25.5 Å². The van der Waals surface area contributed by atoms with Gasteiger partial charge in [0.05, 0.1) is 12.2 Å². The number of carbonyl (C=O) groups is 1. The van der Waals surface area contributed by atoms with Gasteiger partial charge in [0.15, 0.2) is 0 Å². The molecular formula is C18H20F2N4O. The van der Waals surface area contributed by atoms with Crippen molar-refractivity contribution in [2.75, 3.05) is 6.54 Å². The molecule has 1 aromatic carbocycles. The van der Waals surface area contributed by atoms with Crippen molar-refractivity contribution in [3.05, 3.63) is 52.6 Å². The number of fused-ring (bicyclic) bond motifs is 1. The average molecular weight is 346 g/mol. The van der Waals surface area contributed by atoms with Gasteiger partial charge in [-0.1, -0.05) is 6.07 Å². The van der Waals surface area contributed by atoms with Crippen molar-refractivity contribution in [2.24, 2.45) is 0 Å². The fraction of sp³-hybridized carbons (Fsp3) is 0.444. The van der Waals surface area contributed by atoms with Crippen molar-refractivity contribution in [3.8, 4) is 0 Å². The van der Waals surface area contributed by atoms with Gasteiger partial charge in [-0.2, -0.15) is 0 Å². The molecule has 1 aliphatic heterocycles. The van der Waals surface area contributed by atoms with Crippen LogP contribution in [0.2, 0.25) is 0 Å². The molecule has 0 bridgehead atoms. The topological polar surface area (TPSA) is 50.2 Å². The Labute approximate surface area is 144 Å². The minimum Gasteiger partial charge on any atom is -0.335 e. The molecule has 2 aliphatic rings. The predicted molar refractivity (Wildman–Crippen MR) is 88.1 cm³/mol. The Morgan fingerprint density at radius 1 is 1.28 bits per heavy atom. The number of nitrogens with one attached hydrogen (secondary N) is 1. The normalized spacial score (nSPS) is 21.8. The maximum atomic E-state index is 13.8. The van der Waals surface area contributed by atoms with Crippen molar-refractivity contribution in [1.29, 1.82) is 0 Å². The summed E-state index contributed by atoms with van der Waals surface area (Å²) >= 11 is 0. The molecule has 1 saturated carbocycles. The molecule has 2 atom stereocenters. The number of nitrogens with zero attached hydrogens (tertiary/aromatic N) is 3. The Morgan fingerprint density at radius 2 is 2.08 bits per heavy atom. The van der Waals surface area contributed by atoms with E-state index in [1.165, 1.54) is 12.1 Å². The second-order valence-corrected chi connectivity index (χ2v) is 6.84. The van der Waals surface area contributed by atoms with Crippen LogP contribution in [0.3, 0.4) is 0 Å². The summed E-state index contributed by atoms with van der Waals surface area (Å²) in [5.74, 6) is -0.321. The van der Waals surface area contributed by atoms with E-state index in [0.717, 1.165) is 29.8 Å². The second kappa shape index (κ2) is 5.82. The first kappa shape index (κ1) is 16.1. The van der Waals surface area contributed by atoms with E-state index in [2.05, 4.69) is 14.9 Å². The van der Waals surface area contributed by atoms with Crippen LogP contribution >= 0.6 is 0 Å². The molecule has 4 rings (SSSR count). The highest BCUT2D eigenvalue weighted by Gasteiger charge is 2.42. The van der Waals surface area contributed by atoms with Gasteiger partial charge in [0, 0.05) is 36.8 Å². The van der Waals surface area contributed by atoms with Gasteiger partial charge in [-0.3, -0.25) is 0 Å². The Hall–Kier alpha value is -2.44. The van der Waals surface area contributed by atoms with Gasteiger partial charge in [0.25, 0.3) is 0 Å². The lowest BCUT2D eigenvalue weighted by Crippen LogP contribution is -2.45. The summed E-state index contributed by atoms with van der Waals surface area (Å²) in [4.78, 5) is 18.7. The van der Waals surface area contributed by atoms with Crippen LogP contribution < -0.4 is 5.32 Å². The summed E-state index contributed by atoms with van der Waals surface area (Å²) in [6.07, 6.45) is 0.676. The molecule has 2 heterocycles. The van der Waals surface area contributed by atoms with E-state index in [1.807, 2.05) is 13.8 Å². The van der Waals surface area contributed by atoms with E-state index in [0.29, 0.717) is 25.1 Å². The Balaban J connectivity index is 1.39. The van der Waals surface area contributed by atoms with Gasteiger partial charge >= 0.3 is 6.03 Å². The molecule has 1 aliphatic carbocycles. The summed E-state index contributed by atoms with van der Waals surface area (Å²) in [5, 5.41) is 2.96. The summed E-state index contributed by atoms with van der Waals surface area (Å²) < 4.78 is 29.0. The minimum absolute atomic E-state index is 0.0826. The maximum Gasteiger partial charge on any atom is 0.318 e. The molecule has 7 heteroatoms. The molecule has 1 N–H and O–H groups in total. The first-order valence-corrected chi connectivity index (χ1v) is 8.47. The third-order valence-corrected chi connectivity index (χ3v) is 5.21. The molecular weight excluding hydrogens is 326 g/mol. The number of carbonyl (C=O) groups excluding carboxylic acids is 1. The zero-order valence-electron chi connectivity index (χ0n) is 14.2. The zero-order valence-corrected chi connectivity index (χ0v) is 14.2. The molecule has 1 aromatic heterocycles. The monoisotopic (exact) mass is 346 g/mol. The van der Waals surface area contributed by atoms with Crippen molar-refractivity contribution >= 4 is 6.03 Å². The Morgan fingerprint density at radius 3 is 2.84 bits per heavy atom. The van der Waals surface area contributed by atoms with Gasteiger partial charge in [0.1, 0.15) is 17.5 Å². The Bertz CT molecular complexity index is 848. The number of rotatable bonds is 2. The van der Waals surface area contributed by atoms with Crippen molar-refractivity contribution in [1.82, 2.24) is 19.8 Å². The molecule has 0 radical (unpaired) electrons. The largest absolute Gasteiger partial charge is 0.335 e. The molecule has 2 aromatic rings. The highest BCUT2D eigenvalue weighted by atomic mass is 19.1. The quantitative estimate of drug-likeness (QED) is 0.909. The number of aryl methyl sites for hydroxylation is 1. The predicted octanol–water partition coefficient (Wildman–Crippen LogP) is 2.86. The number of hydrogen-bond donors (Lipinski definition) is 1. The molecule has 5 nitrogen and oxygen atoms in total.